The van der Waals surface area contributed by atoms with Crippen molar-refractivity contribution < 1.29 is 49.4 Å². The van der Waals surface area contributed by atoms with Crippen LogP contribution >= 0.6 is 11.6 Å². The number of rotatable bonds is 7. The van der Waals surface area contributed by atoms with E-state index in [9.17, 15) is 34.8 Å². The molecule has 0 radical (unpaired) electrons. The minimum absolute atomic E-state index is 0.313. The van der Waals surface area contributed by atoms with Gasteiger partial charge in [-0.15, -0.1) is 0 Å². The zero-order valence-corrected chi connectivity index (χ0v) is 17.4. The van der Waals surface area contributed by atoms with E-state index in [-0.39, 0.29) is 5.75 Å². The SMILES string of the molecule is O=C(O)CNC(=O)c1ncc(-c2cccc(Cl)c2)cc1OC1OC(C(=O)O)C(O)C(O)C1O. The average molecular weight is 483 g/mol. The van der Waals surface area contributed by atoms with Gasteiger partial charge in [0.15, 0.2) is 17.5 Å². The van der Waals surface area contributed by atoms with E-state index in [1.54, 1.807) is 24.3 Å². The van der Waals surface area contributed by atoms with Gasteiger partial charge >= 0.3 is 11.9 Å². The van der Waals surface area contributed by atoms with Crippen LogP contribution in [0.1, 0.15) is 10.5 Å². The Morgan fingerprint density at radius 1 is 1.06 bits per heavy atom. The molecule has 2 heterocycles. The highest BCUT2D eigenvalue weighted by Crippen LogP contribution is 2.30. The number of aliphatic hydroxyl groups is 3. The Hall–Kier alpha value is -3.29. The number of ether oxygens (including phenoxy) is 2. The van der Waals surface area contributed by atoms with Crippen molar-refractivity contribution in [1.29, 1.82) is 0 Å². The van der Waals surface area contributed by atoms with Crippen LogP contribution < -0.4 is 10.1 Å². The molecule has 176 valence electrons. The Kier molecular flexibility index (Phi) is 7.46. The summed E-state index contributed by atoms with van der Waals surface area (Å²) in [6.07, 6.45) is -8.20. The lowest BCUT2D eigenvalue weighted by atomic mass is 9.99. The molecule has 0 aliphatic carbocycles. The molecule has 0 bridgehead atoms. The normalized spacial score (nSPS) is 24.7. The molecule has 6 N–H and O–H groups in total. The number of amides is 1. The molecule has 1 amide bonds. The average Bonchev–Trinajstić information content (AvgIpc) is 2.77. The number of carboxylic acids is 2. The van der Waals surface area contributed by atoms with Gasteiger partial charge in [0.05, 0.1) is 0 Å². The number of aliphatic hydroxyl groups excluding tert-OH is 3. The van der Waals surface area contributed by atoms with Gasteiger partial charge in [0, 0.05) is 16.8 Å². The van der Waals surface area contributed by atoms with Gasteiger partial charge in [0.25, 0.3) is 5.91 Å². The zero-order valence-electron chi connectivity index (χ0n) is 16.7. The monoisotopic (exact) mass is 482 g/mol. The van der Waals surface area contributed by atoms with Crippen molar-refractivity contribution in [3.05, 3.63) is 47.2 Å². The fraction of sp³-hybridized carbons (Fsp3) is 0.300. The fourth-order valence-electron chi connectivity index (χ4n) is 3.04. The highest BCUT2D eigenvalue weighted by atomic mass is 35.5. The first kappa shape index (κ1) is 24.4. The van der Waals surface area contributed by atoms with Gasteiger partial charge in [-0.25, -0.2) is 9.78 Å². The number of carbonyl (C=O) groups is 3. The summed E-state index contributed by atoms with van der Waals surface area (Å²) in [5.41, 5.74) is 0.578. The summed E-state index contributed by atoms with van der Waals surface area (Å²) in [5, 5.41) is 50.6. The van der Waals surface area contributed by atoms with Crippen LogP contribution in [0.4, 0.5) is 0 Å². The number of carbonyl (C=O) groups excluding carboxylic acids is 1. The summed E-state index contributed by atoms with van der Waals surface area (Å²) in [7, 11) is 0. The molecule has 2 aromatic rings. The summed E-state index contributed by atoms with van der Waals surface area (Å²) in [6, 6.07) is 7.89. The number of nitrogens with zero attached hydrogens (tertiary/aromatic N) is 1. The van der Waals surface area contributed by atoms with Crippen molar-refractivity contribution >= 4 is 29.4 Å². The Morgan fingerprint density at radius 2 is 1.79 bits per heavy atom. The van der Waals surface area contributed by atoms with Crippen molar-refractivity contribution in [3.8, 4) is 16.9 Å². The van der Waals surface area contributed by atoms with Crippen molar-refractivity contribution in [1.82, 2.24) is 10.3 Å². The third kappa shape index (κ3) is 5.56. The first-order valence-electron chi connectivity index (χ1n) is 9.43. The maximum Gasteiger partial charge on any atom is 0.335 e. The van der Waals surface area contributed by atoms with Crippen LogP contribution in [0.25, 0.3) is 11.1 Å². The van der Waals surface area contributed by atoms with Gasteiger partial charge in [0.1, 0.15) is 24.9 Å². The molecule has 1 aromatic carbocycles. The molecule has 0 spiro atoms. The number of halogens is 1. The summed E-state index contributed by atoms with van der Waals surface area (Å²) in [5.74, 6) is -4.18. The van der Waals surface area contributed by atoms with Crippen LogP contribution in [-0.2, 0) is 14.3 Å². The van der Waals surface area contributed by atoms with Crippen LogP contribution in [0.2, 0.25) is 5.02 Å². The smallest absolute Gasteiger partial charge is 0.335 e. The lowest BCUT2D eigenvalue weighted by Gasteiger charge is -2.38. The topological polar surface area (TPSA) is 196 Å². The molecular weight excluding hydrogens is 464 g/mol. The molecule has 1 aliphatic heterocycles. The van der Waals surface area contributed by atoms with Crippen LogP contribution in [0.15, 0.2) is 36.5 Å². The van der Waals surface area contributed by atoms with Gasteiger partial charge in [-0.3, -0.25) is 9.59 Å². The molecule has 1 saturated heterocycles. The minimum Gasteiger partial charge on any atom is -0.480 e. The van der Waals surface area contributed by atoms with E-state index in [1.165, 1.54) is 12.3 Å². The highest BCUT2D eigenvalue weighted by Gasteiger charge is 2.48. The second kappa shape index (κ2) is 10.1. The molecule has 12 nitrogen and oxygen atoms in total. The molecular formula is C20H19ClN2O10. The number of aromatic nitrogens is 1. The summed E-state index contributed by atoms with van der Waals surface area (Å²) in [4.78, 5) is 38.6. The quantitative estimate of drug-likeness (QED) is 0.297. The molecule has 5 unspecified atom stereocenters. The largest absolute Gasteiger partial charge is 0.480 e. The van der Waals surface area contributed by atoms with Crippen LogP contribution in [0, 0.1) is 0 Å². The van der Waals surface area contributed by atoms with E-state index in [0.29, 0.717) is 16.1 Å². The van der Waals surface area contributed by atoms with E-state index in [2.05, 4.69) is 10.3 Å². The van der Waals surface area contributed by atoms with Crippen LogP contribution in [0.5, 0.6) is 5.75 Å². The maximum atomic E-state index is 12.5. The number of carboxylic acid groups (broad SMARTS) is 2. The first-order valence-corrected chi connectivity index (χ1v) is 9.81. The maximum absolute atomic E-state index is 12.5. The third-order valence-corrected chi connectivity index (χ3v) is 4.92. The molecule has 1 aliphatic rings. The second-order valence-electron chi connectivity index (χ2n) is 7.01. The van der Waals surface area contributed by atoms with Gasteiger partial charge in [-0.1, -0.05) is 23.7 Å². The molecule has 13 heteroatoms. The van der Waals surface area contributed by atoms with Gasteiger partial charge < -0.3 is 40.3 Å². The van der Waals surface area contributed by atoms with E-state index in [4.69, 9.17) is 26.2 Å². The Labute approximate surface area is 191 Å². The number of nitrogens with one attached hydrogen (secondary N) is 1. The number of pyridine rings is 1. The van der Waals surface area contributed by atoms with Crippen LogP contribution in [-0.4, -0.2) is 85.6 Å². The van der Waals surface area contributed by atoms with E-state index in [1.807, 2.05) is 0 Å². The third-order valence-electron chi connectivity index (χ3n) is 4.68. The molecule has 5 atom stereocenters. The van der Waals surface area contributed by atoms with E-state index in [0.717, 1.165) is 0 Å². The van der Waals surface area contributed by atoms with Crippen molar-refractivity contribution in [3.63, 3.8) is 0 Å². The molecule has 0 saturated carbocycles. The zero-order chi connectivity index (χ0) is 24.3. The minimum atomic E-state index is -1.94. The van der Waals surface area contributed by atoms with E-state index < -0.39 is 60.8 Å². The van der Waals surface area contributed by atoms with Gasteiger partial charge in [-0.05, 0) is 23.8 Å². The summed E-state index contributed by atoms with van der Waals surface area (Å²) < 4.78 is 10.6. The number of aliphatic carboxylic acids is 2. The Balaban J connectivity index is 1.99. The number of hydrogen-bond donors (Lipinski definition) is 6. The molecule has 3 rings (SSSR count). The van der Waals surface area contributed by atoms with Gasteiger partial charge in [0.2, 0.25) is 6.29 Å². The highest BCUT2D eigenvalue weighted by molar-refractivity contribution is 6.30. The molecule has 1 aromatic heterocycles. The summed E-state index contributed by atoms with van der Waals surface area (Å²) in [6.45, 7) is -0.718. The lowest BCUT2D eigenvalue weighted by molar-refractivity contribution is -0.271. The Bertz CT molecular complexity index is 1060. The van der Waals surface area contributed by atoms with Crippen molar-refractivity contribution in [2.75, 3.05) is 6.54 Å². The summed E-state index contributed by atoms with van der Waals surface area (Å²) >= 11 is 6.01. The predicted molar refractivity (Wildman–Crippen MR) is 110 cm³/mol. The fourth-order valence-corrected chi connectivity index (χ4v) is 3.24. The first-order chi connectivity index (χ1) is 15.6. The van der Waals surface area contributed by atoms with E-state index >= 15 is 0 Å². The van der Waals surface area contributed by atoms with Crippen LogP contribution in [0.3, 0.4) is 0 Å². The van der Waals surface area contributed by atoms with Crippen molar-refractivity contribution in [2.24, 2.45) is 0 Å². The predicted octanol–water partition coefficient (Wildman–Crippen LogP) is -0.513. The standard InChI is InChI=1S/C20H19ClN2O10/c21-10-3-1-2-8(4-10)9-5-11(13(22-6-9)18(29)23-7-12(24)25)32-20-16(28)14(26)15(27)17(33-20)19(30)31/h1-6,14-17,20,26-28H,7H2,(H,23,29)(H,24,25)(H,30,31). The lowest BCUT2D eigenvalue weighted by Crippen LogP contribution is -2.61. The second-order valence-corrected chi connectivity index (χ2v) is 7.45. The Morgan fingerprint density at radius 3 is 2.42 bits per heavy atom. The van der Waals surface area contributed by atoms with Gasteiger partial charge in [-0.2, -0.15) is 0 Å². The molecule has 33 heavy (non-hydrogen) atoms. The molecule has 1 fully saturated rings. The number of hydrogen-bond acceptors (Lipinski definition) is 9. The number of benzene rings is 1. The van der Waals surface area contributed by atoms with Crippen molar-refractivity contribution in [2.45, 2.75) is 30.7 Å².